The van der Waals surface area contributed by atoms with Crippen LogP contribution in [0.1, 0.15) is 35.2 Å². The number of pyridine rings is 1. The SMILES string of the molecule is N#Cc1ccnc(OC2CCN(C(=O)c3ccc(S(=O)(=O)N4CCCC4)cc3)C2)c1. The van der Waals surface area contributed by atoms with E-state index < -0.39 is 10.0 Å². The lowest BCUT2D eigenvalue weighted by atomic mass is 10.2. The fourth-order valence-electron chi connectivity index (χ4n) is 3.75. The van der Waals surface area contributed by atoms with Gasteiger partial charge in [-0.3, -0.25) is 4.79 Å². The van der Waals surface area contributed by atoms with Crippen molar-refractivity contribution < 1.29 is 17.9 Å². The van der Waals surface area contributed by atoms with Crippen LogP contribution in [-0.2, 0) is 10.0 Å². The van der Waals surface area contributed by atoms with Crippen molar-refractivity contribution in [2.45, 2.75) is 30.3 Å². The van der Waals surface area contributed by atoms with Crippen molar-refractivity contribution in [3.05, 3.63) is 53.7 Å². The highest BCUT2D eigenvalue weighted by Crippen LogP contribution is 2.23. The van der Waals surface area contributed by atoms with Gasteiger partial charge in [-0.2, -0.15) is 9.57 Å². The summed E-state index contributed by atoms with van der Waals surface area (Å²) in [4.78, 5) is 18.8. The maximum Gasteiger partial charge on any atom is 0.253 e. The van der Waals surface area contributed by atoms with E-state index in [1.165, 1.54) is 22.6 Å². The zero-order valence-electron chi connectivity index (χ0n) is 16.4. The number of aromatic nitrogens is 1. The third kappa shape index (κ3) is 4.15. The van der Waals surface area contributed by atoms with Crippen molar-refractivity contribution in [1.29, 1.82) is 5.26 Å². The van der Waals surface area contributed by atoms with Crippen LogP contribution < -0.4 is 4.74 Å². The summed E-state index contributed by atoms with van der Waals surface area (Å²) >= 11 is 0. The maximum atomic E-state index is 12.8. The van der Waals surface area contributed by atoms with E-state index in [0.717, 1.165) is 12.8 Å². The Bertz CT molecular complexity index is 1070. The minimum absolute atomic E-state index is 0.162. The van der Waals surface area contributed by atoms with Crippen molar-refractivity contribution in [1.82, 2.24) is 14.2 Å². The Kier molecular flexibility index (Phi) is 5.70. The third-order valence-electron chi connectivity index (χ3n) is 5.39. The Labute approximate surface area is 175 Å². The lowest BCUT2D eigenvalue weighted by Gasteiger charge is -2.18. The number of hydrogen-bond acceptors (Lipinski definition) is 6. The molecule has 8 nitrogen and oxygen atoms in total. The van der Waals surface area contributed by atoms with Crippen LogP contribution in [-0.4, -0.2) is 60.8 Å². The molecule has 0 bridgehead atoms. The number of carbonyl (C=O) groups excluding carboxylic acids is 1. The van der Waals surface area contributed by atoms with Gasteiger partial charge in [0.25, 0.3) is 5.91 Å². The highest BCUT2D eigenvalue weighted by Gasteiger charge is 2.30. The maximum absolute atomic E-state index is 12.8. The lowest BCUT2D eigenvalue weighted by Crippen LogP contribution is -2.31. The summed E-state index contributed by atoms with van der Waals surface area (Å²) in [7, 11) is -3.49. The molecule has 1 aromatic carbocycles. The monoisotopic (exact) mass is 426 g/mol. The van der Waals surface area contributed by atoms with E-state index in [9.17, 15) is 13.2 Å². The highest BCUT2D eigenvalue weighted by atomic mass is 32.2. The first-order valence-electron chi connectivity index (χ1n) is 9.90. The van der Waals surface area contributed by atoms with Gasteiger partial charge in [-0.1, -0.05) is 0 Å². The second-order valence-electron chi connectivity index (χ2n) is 7.41. The fourth-order valence-corrected chi connectivity index (χ4v) is 5.27. The van der Waals surface area contributed by atoms with Crippen molar-refractivity contribution >= 4 is 15.9 Å². The molecular weight excluding hydrogens is 404 g/mol. The predicted octanol–water partition coefficient (Wildman–Crippen LogP) is 2.03. The smallest absolute Gasteiger partial charge is 0.253 e. The van der Waals surface area contributed by atoms with Gasteiger partial charge < -0.3 is 9.64 Å². The first-order valence-corrected chi connectivity index (χ1v) is 11.3. The molecule has 4 rings (SSSR count). The number of sulfonamides is 1. The Morgan fingerprint density at radius 1 is 1.13 bits per heavy atom. The van der Waals surface area contributed by atoms with Crippen molar-refractivity contribution in [2.75, 3.05) is 26.2 Å². The fraction of sp³-hybridized carbons (Fsp3) is 0.381. The van der Waals surface area contributed by atoms with E-state index >= 15 is 0 Å². The van der Waals surface area contributed by atoms with Crippen molar-refractivity contribution in [2.24, 2.45) is 0 Å². The number of benzene rings is 1. The van der Waals surface area contributed by atoms with Crippen molar-refractivity contribution in [3.8, 4) is 11.9 Å². The molecule has 0 aliphatic carbocycles. The molecule has 30 heavy (non-hydrogen) atoms. The molecule has 1 amide bonds. The molecule has 0 spiro atoms. The second-order valence-corrected chi connectivity index (χ2v) is 9.35. The summed E-state index contributed by atoms with van der Waals surface area (Å²) in [6.45, 7) is 2.04. The molecule has 2 aromatic rings. The lowest BCUT2D eigenvalue weighted by molar-refractivity contribution is 0.0771. The quantitative estimate of drug-likeness (QED) is 0.725. The summed E-state index contributed by atoms with van der Waals surface area (Å²) in [6.07, 6.45) is 3.73. The first kappa shape index (κ1) is 20.3. The third-order valence-corrected chi connectivity index (χ3v) is 7.30. The molecule has 2 aliphatic heterocycles. The largest absolute Gasteiger partial charge is 0.472 e. The number of rotatable bonds is 5. The molecule has 0 radical (unpaired) electrons. The summed E-state index contributed by atoms with van der Waals surface area (Å²) in [6, 6.07) is 11.4. The topological polar surface area (TPSA) is 104 Å². The number of nitrogens with zero attached hydrogens (tertiary/aromatic N) is 4. The number of likely N-dealkylation sites (tertiary alicyclic amines) is 1. The zero-order chi connectivity index (χ0) is 21.1. The molecule has 9 heteroatoms. The van der Waals surface area contributed by atoms with Crippen LogP contribution in [0.3, 0.4) is 0 Å². The second kappa shape index (κ2) is 8.42. The van der Waals surface area contributed by atoms with Gasteiger partial charge in [-0.15, -0.1) is 0 Å². The van der Waals surface area contributed by atoms with Gasteiger partial charge in [-0.25, -0.2) is 13.4 Å². The van der Waals surface area contributed by atoms with E-state index in [2.05, 4.69) is 4.98 Å². The minimum atomic E-state index is -3.49. The van der Waals surface area contributed by atoms with E-state index in [4.69, 9.17) is 10.00 Å². The molecule has 0 saturated carbocycles. The molecular formula is C21H22N4O4S. The summed E-state index contributed by atoms with van der Waals surface area (Å²) in [5.41, 5.74) is 0.913. The summed E-state index contributed by atoms with van der Waals surface area (Å²) in [5, 5.41) is 8.97. The molecule has 1 aromatic heterocycles. The average Bonchev–Trinajstić information content (AvgIpc) is 3.46. The van der Waals surface area contributed by atoms with Gasteiger partial charge in [0.2, 0.25) is 15.9 Å². The average molecular weight is 426 g/mol. The van der Waals surface area contributed by atoms with E-state index in [1.54, 1.807) is 29.2 Å². The number of ether oxygens (including phenoxy) is 1. The first-order chi connectivity index (χ1) is 14.5. The van der Waals surface area contributed by atoms with Gasteiger partial charge >= 0.3 is 0 Å². The summed E-state index contributed by atoms with van der Waals surface area (Å²) in [5.74, 6) is 0.203. The molecule has 3 heterocycles. The van der Waals surface area contributed by atoms with Gasteiger partial charge in [0.15, 0.2) is 0 Å². The standard InChI is InChI=1S/C21H22N4O4S/c22-14-16-7-9-23-20(13-16)29-18-8-12-24(15-18)21(26)17-3-5-19(6-4-17)30(27,28)25-10-1-2-11-25/h3-7,9,13,18H,1-2,8,10-12,15H2. The molecule has 0 N–H and O–H groups in total. The molecule has 2 saturated heterocycles. The van der Waals surface area contributed by atoms with Gasteiger partial charge in [0.1, 0.15) is 6.10 Å². The zero-order valence-corrected chi connectivity index (χ0v) is 17.2. The molecule has 156 valence electrons. The van der Waals surface area contributed by atoms with E-state index in [-0.39, 0.29) is 16.9 Å². The summed E-state index contributed by atoms with van der Waals surface area (Å²) < 4.78 is 32.5. The van der Waals surface area contributed by atoms with Crippen LogP contribution in [0.4, 0.5) is 0 Å². The van der Waals surface area contributed by atoms with Crippen molar-refractivity contribution in [3.63, 3.8) is 0 Å². The highest BCUT2D eigenvalue weighted by molar-refractivity contribution is 7.89. The molecule has 2 fully saturated rings. The number of nitriles is 1. The van der Waals surface area contributed by atoms with Crippen LogP contribution >= 0.6 is 0 Å². The van der Waals surface area contributed by atoms with Crippen LogP contribution in [0, 0.1) is 11.3 Å². The van der Waals surface area contributed by atoms with Crippen LogP contribution in [0.15, 0.2) is 47.5 Å². The van der Waals surface area contributed by atoms with Gasteiger partial charge in [0, 0.05) is 43.9 Å². The minimum Gasteiger partial charge on any atom is -0.472 e. The van der Waals surface area contributed by atoms with Gasteiger partial charge in [-0.05, 0) is 43.2 Å². The Hall–Kier alpha value is -2.96. The number of hydrogen-bond donors (Lipinski definition) is 0. The molecule has 2 aliphatic rings. The van der Waals surface area contributed by atoms with Crippen LogP contribution in [0.5, 0.6) is 5.88 Å². The Morgan fingerprint density at radius 3 is 2.57 bits per heavy atom. The predicted molar refractivity (Wildman–Crippen MR) is 108 cm³/mol. The van der Waals surface area contributed by atoms with Gasteiger partial charge in [0.05, 0.1) is 23.1 Å². The Morgan fingerprint density at radius 2 is 1.87 bits per heavy atom. The number of amides is 1. The van der Waals surface area contributed by atoms with Crippen LogP contribution in [0.2, 0.25) is 0 Å². The normalized spacial score (nSPS) is 19.6. The van der Waals surface area contributed by atoms with E-state index in [0.29, 0.717) is 49.6 Å². The van der Waals surface area contributed by atoms with E-state index in [1.807, 2.05) is 6.07 Å². The van der Waals surface area contributed by atoms with Crippen LogP contribution in [0.25, 0.3) is 0 Å². The number of carbonyl (C=O) groups is 1. The molecule has 1 unspecified atom stereocenters. The molecule has 1 atom stereocenters. The Balaban J connectivity index is 1.39.